The van der Waals surface area contributed by atoms with E-state index in [1.807, 2.05) is 4.90 Å². The van der Waals surface area contributed by atoms with E-state index >= 15 is 0 Å². The molecule has 7 nitrogen and oxygen atoms in total. The van der Waals surface area contributed by atoms with Gasteiger partial charge in [0.2, 0.25) is 15.9 Å². The van der Waals surface area contributed by atoms with Gasteiger partial charge >= 0.3 is 0 Å². The van der Waals surface area contributed by atoms with Gasteiger partial charge in [-0.25, -0.2) is 13.4 Å². The number of carbonyl (C=O) groups excluding carboxylic acids is 1. The van der Waals surface area contributed by atoms with Crippen LogP contribution in [0.15, 0.2) is 41.4 Å². The summed E-state index contributed by atoms with van der Waals surface area (Å²) in [5, 5.41) is 3.33. The zero-order valence-electron chi connectivity index (χ0n) is 14.6. The Morgan fingerprint density at radius 3 is 2.59 bits per heavy atom. The quantitative estimate of drug-likeness (QED) is 0.844. The monoisotopic (exact) mass is 406 g/mol. The first-order valence-corrected chi connectivity index (χ1v) is 10.6. The van der Waals surface area contributed by atoms with Crippen molar-refractivity contribution in [3.63, 3.8) is 0 Å². The number of benzene rings is 1. The zero-order chi connectivity index (χ0) is 19.0. The van der Waals surface area contributed by atoms with Crippen LogP contribution in [-0.4, -0.2) is 49.8 Å². The van der Waals surface area contributed by atoms with Crippen molar-refractivity contribution < 1.29 is 13.2 Å². The Morgan fingerprint density at radius 2 is 1.85 bits per heavy atom. The van der Waals surface area contributed by atoms with Crippen molar-refractivity contribution in [3.05, 3.63) is 47.1 Å². The Labute approximate surface area is 163 Å². The van der Waals surface area contributed by atoms with E-state index in [9.17, 15) is 13.2 Å². The number of aromatic nitrogens is 1. The number of halogens is 1. The fourth-order valence-corrected chi connectivity index (χ4v) is 5.13. The number of nitrogens with zero attached hydrogens (tertiary/aromatic N) is 3. The Kier molecular flexibility index (Phi) is 4.79. The van der Waals surface area contributed by atoms with Gasteiger partial charge in [-0.05, 0) is 42.3 Å². The first-order valence-electron chi connectivity index (χ1n) is 8.73. The highest BCUT2D eigenvalue weighted by molar-refractivity contribution is 7.89. The molecule has 0 saturated carbocycles. The molecule has 0 atom stereocenters. The summed E-state index contributed by atoms with van der Waals surface area (Å²) in [4.78, 5) is 18.0. The second-order valence-electron chi connectivity index (χ2n) is 6.57. The van der Waals surface area contributed by atoms with Crippen LogP contribution in [0.2, 0.25) is 5.02 Å². The number of amides is 1. The normalized spacial score (nSPS) is 18.1. The first-order chi connectivity index (χ1) is 12.9. The number of anilines is 2. The molecule has 1 fully saturated rings. The lowest BCUT2D eigenvalue weighted by Crippen LogP contribution is -2.49. The van der Waals surface area contributed by atoms with Crippen molar-refractivity contribution in [2.45, 2.75) is 17.7 Å². The summed E-state index contributed by atoms with van der Waals surface area (Å²) in [6.07, 6.45) is 2.60. The van der Waals surface area contributed by atoms with Gasteiger partial charge in [0.1, 0.15) is 5.82 Å². The molecule has 3 heterocycles. The molecule has 2 aliphatic rings. The molecule has 27 heavy (non-hydrogen) atoms. The van der Waals surface area contributed by atoms with Gasteiger partial charge in [-0.15, -0.1) is 0 Å². The Bertz CT molecular complexity index is 988. The fourth-order valence-electron chi connectivity index (χ4n) is 3.42. The summed E-state index contributed by atoms with van der Waals surface area (Å²) >= 11 is 6.19. The number of hydrogen-bond acceptors (Lipinski definition) is 5. The predicted octanol–water partition coefficient (Wildman–Crippen LogP) is 2.13. The molecule has 1 aromatic carbocycles. The molecule has 0 unspecified atom stereocenters. The molecule has 0 bridgehead atoms. The van der Waals surface area contributed by atoms with E-state index in [0.717, 1.165) is 5.56 Å². The molecule has 2 aromatic rings. The van der Waals surface area contributed by atoms with E-state index in [2.05, 4.69) is 10.3 Å². The number of pyridine rings is 1. The molecule has 4 rings (SSSR count). The van der Waals surface area contributed by atoms with Crippen molar-refractivity contribution in [1.29, 1.82) is 0 Å². The van der Waals surface area contributed by atoms with Crippen LogP contribution in [0, 0.1) is 0 Å². The molecule has 1 N–H and O–H groups in total. The fraction of sp³-hybridized carbons (Fsp3) is 0.333. The third kappa shape index (κ3) is 3.52. The molecule has 0 radical (unpaired) electrons. The standard InChI is InChI=1S/C18H19ClN4O3S/c19-15-2-1-7-20-18(15)22-8-10-23(11-9-22)27(25,26)14-4-5-16-13(12-14)3-6-17(24)21-16/h1-2,4-5,7,12H,3,6,8-11H2,(H,21,24). The van der Waals surface area contributed by atoms with E-state index in [0.29, 0.717) is 55.5 Å². The van der Waals surface area contributed by atoms with Crippen molar-refractivity contribution in [2.24, 2.45) is 0 Å². The maximum atomic E-state index is 13.0. The molecule has 1 saturated heterocycles. The van der Waals surface area contributed by atoms with Crippen LogP contribution >= 0.6 is 11.6 Å². The van der Waals surface area contributed by atoms with Crippen molar-refractivity contribution >= 4 is 39.0 Å². The SMILES string of the molecule is O=C1CCc2cc(S(=O)(=O)N3CCN(c4ncccc4Cl)CC3)ccc2N1. The second kappa shape index (κ2) is 7.10. The second-order valence-corrected chi connectivity index (χ2v) is 8.91. The number of rotatable bonds is 3. The van der Waals surface area contributed by atoms with Crippen molar-refractivity contribution in [1.82, 2.24) is 9.29 Å². The van der Waals surface area contributed by atoms with Gasteiger partial charge in [-0.1, -0.05) is 11.6 Å². The molecule has 9 heteroatoms. The lowest BCUT2D eigenvalue weighted by molar-refractivity contribution is -0.116. The largest absolute Gasteiger partial charge is 0.353 e. The number of carbonyl (C=O) groups is 1. The lowest BCUT2D eigenvalue weighted by Gasteiger charge is -2.35. The summed E-state index contributed by atoms with van der Waals surface area (Å²) < 4.78 is 27.5. The van der Waals surface area contributed by atoms with Crippen LogP contribution in [-0.2, 0) is 21.2 Å². The third-order valence-electron chi connectivity index (χ3n) is 4.89. The number of piperazine rings is 1. The molecule has 0 aliphatic carbocycles. The maximum Gasteiger partial charge on any atom is 0.243 e. The van der Waals surface area contributed by atoms with E-state index in [1.54, 1.807) is 36.5 Å². The van der Waals surface area contributed by atoms with Gasteiger partial charge in [-0.2, -0.15) is 4.31 Å². The van der Waals surface area contributed by atoms with Gasteiger partial charge in [0.05, 0.1) is 9.92 Å². The smallest absolute Gasteiger partial charge is 0.243 e. The highest BCUT2D eigenvalue weighted by Gasteiger charge is 2.30. The summed E-state index contributed by atoms with van der Waals surface area (Å²) in [7, 11) is -3.58. The molecule has 142 valence electrons. The van der Waals surface area contributed by atoms with E-state index in [4.69, 9.17) is 11.6 Å². The third-order valence-corrected chi connectivity index (χ3v) is 7.08. The van der Waals surface area contributed by atoms with Gasteiger partial charge in [0, 0.05) is 44.5 Å². The Morgan fingerprint density at radius 1 is 1.07 bits per heavy atom. The van der Waals surface area contributed by atoms with Crippen LogP contribution in [0.4, 0.5) is 11.5 Å². The summed E-state index contributed by atoms with van der Waals surface area (Å²) in [6, 6.07) is 8.45. The van der Waals surface area contributed by atoms with Gasteiger partial charge in [0.15, 0.2) is 0 Å². The minimum absolute atomic E-state index is 0.0394. The molecular weight excluding hydrogens is 388 g/mol. The van der Waals surface area contributed by atoms with Crippen LogP contribution in [0.3, 0.4) is 0 Å². The van der Waals surface area contributed by atoms with Crippen molar-refractivity contribution in [2.75, 3.05) is 36.4 Å². The molecule has 1 aromatic heterocycles. The summed E-state index contributed by atoms with van der Waals surface area (Å²) in [6.45, 7) is 1.78. The van der Waals surface area contributed by atoms with E-state index in [-0.39, 0.29) is 10.8 Å². The Balaban J connectivity index is 1.51. The zero-order valence-corrected chi connectivity index (χ0v) is 16.1. The molecule has 0 spiro atoms. The molecule has 1 amide bonds. The number of nitrogens with one attached hydrogen (secondary N) is 1. The minimum Gasteiger partial charge on any atom is -0.353 e. The number of fused-ring (bicyclic) bond motifs is 1. The predicted molar refractivity (Wildman–Crippen MR) is 104 cm³/mol. The summed E-state index contributed by atoms with van der Waals surface area (Å²) in [5.74, 6) is 0.642. The van der Waals surface area contributed by atoms with Crippen LogP contribution in [0.1, 0.15) is 12.0 Å². The van der Waals surface area contributed by atoms with E-state index in [1.165, 1.54) is 4.31 Å². The van der Waals surface area contributed by atoms with Crippen LogP contribution in [0.5, 0.6) is 0 Å². The summed E-state index contributed by atoms with van der Waals surface area (Å²) in [5.41, 5.74) is 1.55. The topological polar surface area (TPSA) is 82.6 Å². The number of aryl methyl sites for hydroxylation is 1. The van der Waals surface area contributed by atoms with Crippen LogP contribution in [0.25, 0.3) is 0 Å². The lowest BCUT2D eigenvalue weighted by atomic mass is 10.0. The van der Waals surface area contributed by atoms with Gasteiger partial charge in [0.25, 0.3) is 0 Å². The highest BCUT2D eigenvalue weighted by Crippen LogP contribution is 2.28. The average Bonchev–Trinajstić information content (AvgIpc) is 2.68. The highest BCUT2D eigenvalue weighted by atomic mass is 35.5. The average molecular weight is 407 g/mol. The Hall–Kier alpha value is -2.16. The first kappa shape index (κ1) is 18.2. The van der Waals surface area contributed by atoms with E-state index < -0.39 is 10.0 Å². The minimum atomic E-state index is -3.58. The van der Waals surface area contributed by atoms with Gasteiger partial charge < -0.3 is 10.2 Å². The maximum absolute atomic E-state index is 13.0. The number of hydrogen-bond donors (Lipinski definition) is 1. The molecule has 2 aliphatic heterocycles. The van der Waals surface area contributed by atoms with Crippen LogP contribution < -0.4 is 10.2 Å². The number of sulfonamides is 1. The molecular formula is C18H19ClN4O3S. The van der Waals surface area contributed by atoms with Crippen molar-refractivity contribution in [3.8, 4) is 0 Å². The van der Waals surface area contributed by atoms with Gasteiger partial charge in [-0.3, -0.25) is 4.79 Å².